The molecule has 2 rings (SSSR count). The van der Waals surface area contributed by atoms with Crippen LogP contribution in [-0.4, -0.2) is 60.5 Å². The van der Waals surface area contributed by atoms with Gasteiger partial charge in [-0.3, -0.25) is 4.90 Å². The number of aryl methyl sites for hydroxylation is 1. The molecule has 0 saturated carbocycles. The van der Waals surface area contributed by atoms with E-state index in [1.54, 1.807) is 32.1 Å². The number of rotatable bonds is 14. The van der Waals surface area contributed by atoms with Crippen molar-refractivity contribution in [2.45, 2.75) is 71.6 Å². The summed E-state index contributed by atoms with van der Waals surface area (Å²) in [5.41, 5.74) is 2.70. The average molecular weight is 500 g/mol. The third kappa shape index (κ3) is 11.0. The molecule has 198 valence electrons. The molecule has 1 fully saturated rings. The SMILES string of the molecule is CCOC(=O)/C=C/C=C/C(C)=C\C=C\[C@@H](CC)OC[C@H](O)CN1CCC[C@H]1Cc1ccc(C)c(F)c1. The molecule has 36 heavy (non-hydrogen) atoms. The second-order valence-corrected chi connectivity index (χ2v) is 9.28. The number of nitrogens with zero attached hydrogens (tertiary/aromatic N) is 1. The van der Waals surface area contributed by atoms with Crippen LogP contribution in [0.3, 0.4) is 0 Å². The second-order valence-electron chi connectivity index (χ2n) is 9.28. The molecule has 1 aliphatic rings. The Morgan fingerprint density at radius 3 is 2.75 bits per heavy atom. The fourth-order valence-electron chi connectivity index (χ4n) is 4.19. The van der Waals surface area contributed by atoms with Crippen molar-refractivity contribution in [3.8, 4) is 0 Å². The molecule has 1 saturated heterocycles. The summed E-state index contributed by atoms with van der Waals surface area (Å²) >= 11 is 0. The Bertz CT molecular complexity index is 937. The summed E-state index contributed by atoms with van der Waals surface area (Å²) in [4.78, 5) is 13.6. The van der Waals surface area contributed by atoms with Crippen molar-refractivity contribution in [2.75, 3.05) is 26.3 Å². The molecule has 0 amide bonds. The number of esters is 1. The van der Waals surface area contributed by atoms with Crippen molar-refractivity contribution < 1.29 is 23.8 Å². The molecule has 6 heteroatoms. The van der Waals surface area contributed by atoms with E-state index in [0.717, 1.165) is 43.4 Å². The van der Waals surface area contributed by atoms with Crippen molar-refractivity contribution in [1.82, 2.24) is 4.90 Å². The summed E-state index contributed by atoms with van der Waals surface area (Å²) in [6.07, 6.45) is 15.7. The van der Waals surface area contributed by atoms with Crippen LogP contribution in [0.5, 0.6) is 0 Å². The van der Waals surface area contributed by atoms with Gasteiger partial charge in [-0.05, 0) is 70.2 Å². The lowest BCUT2D eigenvalue weighted by Gasteiger charge is -2.27. The molecular formula is C30H42FNO4. The summed E-state index contributed by atoms with van der Waals surface area (Å²) in [5, 5.41) is 10.6. The van der Waals surface area contributed by atoms with Gasteiger partial charge < -0.3 is 14.6 Å². The number of benzene rings is 1. The van der Waals surface area contributed by atoms with Crippen LogP contribution < -0.4 is 0 Å². The largest absolute Gasteiger partial charge is 0.463 e. The molecule has 5 nitrogen and oxygen atoms in total. The van der Waals surface area contributed by atoms with Gasteiger partial charge in [0.2, 0.25) is 0 Å². The van der Waals surface area contributed by atoms with Gasteiger partial charge in [0, 0.05) is 18.7 Å². The van der Waals surface area contributed by atoms with Gasteiger partial charge in [-0.15, -0.1) is 0 Å². The topological polar surface area (TPSA) is 59.0 Å². The number of aliphatic hydroxyl groups excluding tert-OH is 1. The molecule has 1 aromatic carbocycles. The Labute approximate surface area is 216 Å². The standard InChI is InChI=1S/C30H42FNO4/c1-5-28(14-9-12-23(3)11-7-8-15-30(34)35-6-2)36-22-27(33)21-32-18-10-13-26(32)19-25-17-16-24(4)29(31)20-25/h7-9,11-12,14-17,20,26-28,33H,5-6,10,13,18-19,21-22H2,1-4H3/b11-7+,14-9+,15-8+,23-12-/t26-,27+,28+/m0/s1. The predicted octanol–water partition coefficient (Wildman–Crippen LogP) is 5.48. The molecule has 0 unspecified atom stereocenters. The molecule has 1 N–H and O–H groups in total. The first-order valence-corrected chi connectivity index (χ1v) is 13.0. The first-order chi connectivity index (χ1) is 17.3. The minimum absolute atomic E-state index is 0.0821. The number of likely N-dealkylation sites (tertiary alicyclic amines) is 1. The predicted molar refractivity (Wildman–Crippen MR) is 143 cm³/mol. The van der Waals surface area contributed by atoms with Crippen LogP contribution in [0.15, 0.2) is 66.3 Å². The fraction of sp³-hybridized carbons (Fsp3) is 0.500. The third-order valence-corrected chi connectivity index (χ3v) is 6.23. The molecule has 0 spiro atoms. The number of β-amino-alcohol motifs (C(OH)–C–C–N with tert-alkyl or cyclic N) is 1. The summed E-state index contributed by atoms with van der Waals surface area (Å²) in [6.45, 7) is 9.71. The molecule has 1 aliphatic heterocycles. The number of aliphatic hydroxyl groups is 1. The average Bonchev–Trinajstić information content (AvgIpc) is 3.27. The zero-order chi connectivity index (χ0) is 26.3. The maximum Gasteiger partial charge on any atom is 0.330 e. The first kappa shape index (κ1) is 29.7. The van der Waals surface area contributed by atoms with Gasteiger partial charge in [0.25, 0.3) is 0 Å². The number of carbonyl (C=O) groups is 1. The summed E-state index contributed by atoms with van der Waals surface area (Å²) in [6, 6.07) is 5.78. The monoisotopic (exact) mass is 499 g/mol. The molecule has 0 radical (unpaired) electrons. The zero-order valence-corrected chi connectivity index (χ0v) is 22.2. The van der Waals surface area contributed by atoms with Crippen LogP contribution in [0.2, 0.25) is 0 Å². The maximum absolute atomic E-state index is 13.9. The van der Waals surface area contributed by atoms with E-state index < -0.39 is 6.10 Å². The van der Waals surface area contributed by atoms with Gasteiger partial charge in [-0.25, -0.2) is 9.18 Å². The molecule has 1 aromatic rings. The molecule has 1 heterocycles. The number of ether oxygens (including phenoxy) is 2. The first-order valence-electron chi connectivity index (χ1n) is 13.0. The number of halogens is 1. The molecule has 0 aromatic heterocycles. The highest BCUT2D eigenvalue weighted by atomic mass is 19.1. The third-order valence-electron chi connectivity index (χ3n) is 6.23. The van der Waals surface area contributed by atoms with Crippen LogP contribution in [0, 0.1) is 12.7 Å². The van der Waals surface area contributed by atoms with E-state index in [4.69, 9.17) is 9.47 Å². The minimum Gasteiger partial charge on any atom is -0.463 e. The Morgan fingerprint density at radius 2 is 2.03 bits per heavy atom. The van der Waals surface area contributed by atoms with Crippen LogP contribution in [0.25, 0.3) is 0 Å². The second kappa shape index (κ2) is 16.3. The Morgan fingerprint density at radius 1 is 1.25 bits per heavy atom. The highest BCUT2D eigenvalue weighted by Gasteiger charge is 2.26. The quantitative estimate of drug-likeness (QED) is 0.209. The highest BCUT2D eigenvalue weighted by Crippen LogP contribution is 2.22. The van der Waals surface area contributed by atoms with E-state index >= 15 is 0 Å². The number of hydrogen-bond acceptors (Lipinski definition) is 5. The summed E-state index contributed by atoms with van der Waals surface area (Å²) in [5.74, 6) is -0.508. The normalized spacial score (nSPS) is 19.1. The zero-order valence-electron chi connectivity index (χ0n) is 22.2. The Balaban J connectivity index is 1.78. The Kier molecular flexibility index (Phi) is 13.4. The number of hydrogen-bond donors (Lipinski definition) is 1. The van der Waals surface area contributed by atoms with Crippen molar-refractivity contribution in [3.63, 3.8) is 0 Å². The van der Waals surface area contributed by atoms with E-state index in [-0.39, 0.29) is 24.5 Å². The van der Waals surface area contributed by atoms with Crippen LogP contribution >= 0.6 is 0 Å². The molecular weight excluding hydrogens is 457 g/mol. The van der Waals surface area contributed by atoms with E-state index in [1.165, 1.54) is 6.08 Å². The fourth-order valence-corrected chi connectivity index (χ4v) is 4.19. The van der Waals surface area contributed by atoms with Crippen molar-refractivity contribution in [2.24, 2.45) is 0 Å². The van der Waals surface area contributed by atoms with Crippen LogP contribution in [0.1, 0.15) is 51.2 Å². The van der Waals surface area contributed by atoms with Gasteiger partial charge in [-0.2, -0.15) is 0 Å². The molecule has 0 aliphatic carbocycles. The van der Waals surface area contributed by atoms with Gasteiger partial charge in [-0.1, -0.05) is 61.1 Å². The van der Waals surface area contributed by atoms with Gasteiger partial charge >= 0.3 is 5.97 Å². The van der Waals surface area contributed by atoms with Crippen molar-refractivity contribution >= 4 is 5.97 Å². The van der Waals surface area contributed by atoms with Crippen LogP contribution in [-0.2, 0) is 20.7 Å². The van der Waals surface area contributed by atoms with Gasteiger partial charge in [0.15, 0.2) is 0 Å². The summed E-state index contributed by atoms with van der Waals surface area (Å²) < 4.78 is 24.7. The minimum atomic E-state index is -0.575. The smallest absolute Gasteiger partial charge is 0.330 e. The van der Waals surface area contributed by atoms with Crippen LogP contribution in [0.4, 0.5) is 4.39 Å². The van der Waals surface area contributed by atoms with E-state index in [2.05, 4.69) is 11.8 Å². The van der Waals surface area contributed by atoms with E-state index in [9.17, 15) is 14.3 Å². The summed E-state index contributed by atoms with van der Waals surface area (Å²) in [7, 11) is 0. The lowest BCUT2D eigenvalue weighted by Crippen LogP contribution is -2.39. The number of allylic oxidation sites excluding steroid dienone is 6. The number of carbonyl (C=O) groups excluding carboxylic acids is 1. The van der Waals surface area contributed by atoms with Crippen molar-refractivity contribution in [3.05, 3.63) is 83.2 Å². The lowest BCUT2D eigenvalue weighted by molar-refractivity contribution is -0.137. The van der Waals surface area contributed by atoms with E-state index in [1.807, 2.05) is 43.4 Å². The molecule has 0 bridgehead atoms. The maximum atomic E-state index is 13.9. The Hall–Kier alpha value is -2.54. The molecule has 3 atom stereocenters. The van der Waals surface area contributed by atoms with Crippen molar-refractivity contribution in [1.29, 1.82) is 0 Å². The lowest BCUT2D eigenvalue weighted by atomic mass is 10.0. The van der Waals surface area contributed by atoms with Gasteiger partial charge in [0.05, 0.1) is 25.4 Å². The van der Waals surface area contributed by atoms with Gasteiger partial charge in [0.1, 0.15) is 5.82 Å². The van der Waals surface area contributed by atoms with E-state index in [0.29, 0.717) is 24.8 Å². The highest BCUT2D eigenvalue weighted by molar-refractivity contribution is 5.82.